The first kappa shape index (κ1) is 26.3. The average molecular weight is 560 g/mol. The highest BCUT2D eigenvalue weighted by atomic mass is 35.5. The van der Waals surface area contributed by atoms with Gasteiger partial charge in [-0.2, -0.15) is 0 Å². The number of hydrogen-bond acceptors (Lipinski definition) is 5. The number of anilines is 2. The zero-order chi connectivity index (χ0) is 27.3. The van der Waals surface area contributed by atoms with E-state index in [1.807, 2.05) is 18.3 Å². The van der Waals surface area contributed by atoms with Gasteiger partial charge in [0.2, 0.25) is 0 Å². The molecule has 202 valence electrons. The van der Waals surface area contributed by atoms with Gasteiger partial charge in [0.25, 0.3) is 0 Å². The van der Waals surface area contributed by atoms with E-state index in [0.717, 1.165) is 82.2 Å². The molecule has 2 aliphatic rings. The van der Waals surface area contributed by atoms with Crippen molar-refractivity contribution in [2.75, 3.05) is 31.5 Å². The molecule has 3 N–H and O–H groups in total. The number of aromatic hydroxyl groups is 1. The van der Waals surface area contributed by atoms with Gasteiger partial charge in [-0.3, -0.25) is 4.48 Å². The van der Waals surface area contributed by atoms with Crippen LogP contribution in [-0.4, -0.2) is 36.3 Å². The SMILES string of the molecule is CC(C)(C)C[N+]1(c2ccccc2Nc2ncc(-c3ccccc3)s2)CC2(CCNCC2)c2c(Cl)ccc(O)c21. The maximum atomic E-state index is 11.6. The Balaban J connectivity index is 1.51. The summed E-state index contributed by atoms with van der Waals surface area (Å²) in [4.78, 5) is 5.86. The maximum absolute atomic E-state index is 11.6. The van der Waals surface area contributed by atoms with E-state index >= 15 is 0 Å². The zero-order valence-electron chi connectivity index (χ0n) is 22.8. The lowest BCUT2D eigenvalue weighted by Crippen LogP contribution is -2.53. The van der Waals surface area contributed by atoms with Crippen LogP contribution in [0.3, 0.4) is 0 Å². The third-order valence-electron chi connectivity index (χ3n) is 8.11. The molecule has 5 nitrogen and oxygen atoms in total. The van der Waals surface area contributed by atoms with Gasteiger partial charge >= 0.3 is 0 Å². The monoisotopic (exact) mass is 559 g/mol. The van der Waals surface area contributed by atoms with Crippen LogP contribution in [0.4, 0.5) is 22.2 Å². The van der Waals surface area contributed by atoms with Gasteiger partial charge in [0.1, 0.15) is 5.69 Å². The molecule has 1 aromatic heterocycles. The number of nitrogens with zero attached hydrogens (tertiary/aromatic N) is 2. The molecule has 0 radical (unpaired) electrons. The van der Waals surface area contributed by atoms with Gasteiger partial charge in [0.15, 0.2) is 22.3 Å². The summed E-state index contributed by atoms with van der Waals surface area (Å²) in [6.45, 7) is 10.4. The molecule has 1 atom stereocenters. The lowest BCUT2D eigenvalue weighted by molar-refractivity contribution is 0.212. The van der Waals surface area contributed by atoms with Crippen molar-refractivity contribution < 1.29 is 5.11 Å². The van der Waals surface area contributed by atoms with Gasteiger partial charge in [-0.05, 0) is 49.7 Å². The van der Waals surface area contributed by atoms with Crippen LogP contribution in [0.5, 0.6) is 5.75 Å². The Kier molecular flexibility index (Phi) is 6.71. The van der Waals surface area contributed by atoms with Crippen molar-refractivity contribution in [2.24, 2.45) is 5.41 Å². The van der Waals surface area contributed by atoms with Crippen LogP contribution in [0, 0.1) is 5.41 Å². The first-order chi connectivity index (χ1) is 18.7. The fraction of sp³-hybridized carbons (Fsp3) is 0.344. The molecule has 1 saturated heterocycles. The Morgan fingerprint density at radius 1 is 1.03 bits per heavy atom. The highest BCUT2D eigenvalue weighted by molar-refractivity contribution is 7.19. The number of benzene rings is 3. The minimum absolute atomic E-state index is 0.0146. The molecule has 4 aromatic rings. The number of hydrogen-bond donors (Lipinski definition) is 3. The number of piperidine rings is 1. The van der Waals surface area contributed by atoms with Gasteiger partial charge in [-0.15, -0.1) is 0 Å². The molecule has 1 fully saturated rings. The van der Waals surface area contributed by atoms with Gasteiger partial charge in [-0.25, -0.2) is 4.98 Å². The predicted molar refractivity (Wildman–Crippen MR) is 165 cm³/mol. The van der Waals surface area contributed by atoms with Crippen LogP contribution < -0.4 is 15.1 Å². The summed E-state index contributed by atoms with van der Waals surface area (Å²) in [5, 5.41) is 20.4. The van der Waals surface area contributed by atoms with E-state index < -0.39 is 0 Å². The van der Waals surface area contributed by atoms with Crippen LogP contribution >= 0.6 is 22.9 Å². The summed E-state index contributed by atoms with van der Waals surface area (Å²) in [6, 6.07) is 22.5. The van der Waals surface area contributed by atoms with Crippen molar-refractivity contribution >= 4 is 45.1 Å². The summed E-state index contributed by atoms with van der Waals surface area (Å²) in [7, 11) is 0. The number of phenols is 1. The van der Waals surface area contributed by atoms with E-state index in [2.05, 4.69) is 79.9 Å². The number of para-hydroxylation sites is 2. The smallest absolute Gasteiger partial charge is 0.187 e. The van der Waals surface area contributed by atoms with E-state index in [0.29, 0.717) is 10.2 Å². The van der Waals surface area contributed by atoms with Crippen molar-refractivity contribution in [2.45, 2.75) is 39.0 Å². The molecular weight excluding hydrogens is 524 g/mol. The van der Waals surface area contributed by atoms with Crippen LogP contribution in [0.2, 0.25) is 5.02 Å². The quantitative estimate of drug-likeness (QED) is 0.215. The highest BCUT2D eigenvalue weighted by Crippen LogP contribution is 2.61. The second kappa shape index (κ2) is 9.93. The lowest BCUT2D eigenvalue weighted by Gasteiger charge is -2.42. The summed E-state index contributed by atoms with van der Waals surface area (Å²) in [6.07, 6.45) is 3.93. The lowest BCUT2D eigenvalue weighted by atomic mass is 9.74. The molecule has 1 spiro atoms. The Morgan fingerprint density at radius 2 is 1.74 bits per heavy atom. The van der Waals surface area contributed by atoms with Crippen molar-refractivity contribution in [3.05, 3.63) is 83.5 Å². The molecule has 0 bridgehead atoms. The molecule has 1 unspecified atom stereocenters. The van der Waals surface area contributed by atoms with Crippen molar-refractivity contribution in [1.29, 1.82) is 0 Å². The first-order valence-corrected chi connectivity index (χ1v) is 14.9. The number of quaternary nitrogens is 1. The molecule has 0 saturated carbocycles. The van der Waals surface area contributed by atoms with Crippen molar-refractivity contribution in [3.8, 4) is 16.2 Å². The standard InChI is InChI=1S/C32H35ClN4OS/c1-31(2,3)20-37(21-32(15-17-34-18-16-32)28-23(33)13-14-26(38)29(28)37)25-12-8-7-11-24(25)36-30-35-19-27(39-30)22-9-5-4-6-10-22/h4-14,19,34H,15-18,20-21H2,1-3H3,(H-,35,36,38)/p+1. The Labute approximate surface area is 240 Å². The highest BCUT2D eigenvalue weighted by Gasteiger charge is 2.58. The fourth-order valence-electron chi connectivity index (χ4n) is 6.85. The van der Waals surface area contributed by atoms with E-state index in [4.69, 9.17) is 16.6 Å². The molecule has 0 aliphatic carbocycles. The number of aromatic nitrogens is 1. The molecular formula is C32H36ClN4OS+. The summed E-state index contributed by atoms with van der Waals surface area (Å²) in [5.74, 6) is 0.324. The Hall–Kier alpha value is -2.90. The van der Waals surface area contributed by atoms with Crippen LogP contribution in [0.25, 0.3) is 10.4 Å². The fourth-order valence-corrected chi connectivity index (χ4v) is 8.04. The molecule has 3 aromatic carbocycles. The largest absolute Gasteiger partial charge is 0.503 e. The molecule has 7 heteroatoms. The minimum Gasteiger partial charge on any atom is -0.503 e. The minimum atomic E-state index is -0.101. The third-order valence-corrected chi connectivity index (χ3v) is 9.39. The van der Waals surface area contributed by atoms with Crippen molar-refractivity contribution in [3.63, 3.8) is 0 Å². The summed E-state index contributed by atoms with van der Waals surface area (Å²) >= 11 is 8.66. The van der Waals surface area contributed by atoms with Crippen molar-refractivity contribution in [1.82, 2.24) is 14.8 Å². The number of halogens is 1. The molecule has 3 heterocycles. The van der Waals surface area contributed by atoms with E-state index in [9.17, 15) is 5.11 Å². The molecule has 2 aliphatic heterocycles. The summed E-state index contributed by atoms with van der Waals surface area (Å²) in [5.41, 5.74) is 5.27. The average Bonchev–Trinajstić information content (AvgIpc) is 3.48. The number of rotatable bonds is 5. The predicted octanol–water partition coefficient (Wildman–Crippen LogP) is 8.23. The van der Waals surface area contributed by atoms with E-state index in [-0.39, 0.29) is 10.8 Å². The van der Waals surface area contributed by atoms with Crippen LogP contribution in [0.15, 0.2) is 72.9 Å². The van der Waals surface area contributed by atoms with Gasteiger partial charge in [0.05, 0.1) is 28.4 Å². The number of fused-ring (bicyclic) bond motifs is 2. The second-order valence-electron chi connectivity index (χ2n) is 12.2. The van der Waals surface area contributed by atoms with E-state index in [1.165, 1.54) is 0 Å². The second-order valence-corrected chi connectivity index (χ2v) is 13.6. The Morgan fingerprint density at radius 3 is 2.49 bits per heavy atom. The first-order valence-electron chi connectivity index (χ1n) is 13.7. The zero-order valence-corrected chi connectivity index (χ0v) is 24.4. The van der Waals surface area contributed by atoms with Gasteiger partial charge in [-0.1, -0.05) is 86.2 Å². The third kappa shape index (κ3) is 4.74. The number of thiazole rings is 1. The molecule has 39 heavy (non-hydrogen) atoms. The van der Waals surface area contributed by atoms with Gasteiger partial charge < -0.3 is 15.7 Å². The van der Waals surface area contributed by atoms with Crippen LogP contribution in [-0.2, 0) is 5.41 Å². The molecule has 6 rings (SSSR count). The molecule has 0 amide bonds. The maximum Gasteiger partial charge on any atom is 0.187 e. The Bertz CT molecular complexity index is 1490. The van der Waals surface area contributed by atoms with Gasteiger partial charge in [0, 0.05) is 23.2 Å². The number of phenolic OH excluding ortho intramolecular Hbond substituents is 1. The topological polar surface area (TPSA) is 57.2 Å². The normalized spacial score (nSPS) is 20.2. The van der Waals surface area contributed by atoms with Crippen LogP contribution in [0.1, 0.15) is 39.2 Å². The number of nitrogens with one attached hydrogen (secondary N) is 2. The summed E-state index contributed by atoms with van der Waals surface area (Å²) < 4.78 is 0.547. The van der Waals surface area contributed by atoms with E-state index in [1.54, 1.807) is 17.4 Å².